The monoisotopic (exact) mass is 185 g/mol. The molecule has 1 amide bonds. The molecule has 3 heteroatoms. The maximum absolute atomic E-state index is 11.1. The second-order valence-corrected chi connectivity index (χ2v) is 3.98. The Labute approximate surface area is 79.8 Å². The number of amides is 1. The molecule has 1 rings (SSSR count). The maximum Gasteiger partial charge on any atom is 0.249 e. The summed E-state index contributed by atoms with van der Waals surface area (Å²) in [7, 11) is 0. The van der Waals surface area contributed by atoms with Gasteiger partial charge in [0.15, 0.2) is 0 Å². The first-order valence-electron chi connectivity index (χ1n) is 5.09. The molecule has 1 aliphatic rings. The SMILES string of the molecule is CC(C)CCCOC1CCNC1=O. The van der Waals surface area contributed by atoms with E-state index in [2.05, 4.69) is 19.2 Å². The van der Waals surface area contributed by atoms with Gasteiger partial charge in [-0.15, -0.1) is 0 Å². The van der Waals surface area contributed by atoms with Crippen molar-refractivity contribution in [2.75, 3.05) is 13.2 Å². The standard InChI is InChI=1S/C10H19NO2/c1-8(2)4-3-7-13-9-5-6-11-10(9)12/h8-9H,3-7H2,1-2H3,(H,11,12). The molecule has 1 N–H and O–H groups in total. The highest BCUT2D eigenvalue weighted by Gasteiger charge is 2.23. The number of carbonyl (C=O) groups excluding carboxylic acids is 1. The van der Waals surface area contributed by atoms with Gasteiger partial charge in [0.25, 0.3) is 0 Å². The van der Waals surface area contributed by atoms with Gasteiger partial charge in [0.1, 0.15) is 6.10 Å². The predicted molar refractivity (Wildman–Crippen MR) is 51.4 cm³/mol. The van der Waals surface area contributed by atoms with Gasteiger partial charge < -0.3 is 10.1 Å². The lowest BCUT2D eigenvalue weighted by atomic mass is 10.1. The largest absolute Gasteiger partial charge is 0.368 e. The lowest BCUT2D eigenvalue weighted by Gasteiger charge is -2.09. The zero-order valence-corrected chi connectivity index (χ0v) is 8.51. The van der Waals surface area contributed by atoms with E-state index in [0.29, 0.717) is 0 Å². The van der Waals surface area contributed by atoms with Crippen LogP contribution in [0.15, 0.2) is 0 Å². The van der Waals surface area contributed by atoms with Gasteiger partial charge in [0.05, 0.1) is 0 Å². The first-order chi connectivity index (χ1) is 6.20. The van der Waals surface area contributed by atoms with Crippen LogP contribution in [0.1, 0.15) is 33.1 Å². The highest BCUT2D eigenvalue weighted by atomic mass is 16.5. The first kappa shape index (κ1) is 10.5. The Bertz CT molecular complexity index is 168. The molecule has 0 aromatic rings. The van der Waals surface area contributed by atoms with Crippen LogP contribution < -0.4 is 5.32 Å². The van der Waals surface area contributed by atoms with E-state index in [4.69, 9.17) is 4.74 Å². The third-order valence-electron chi connectivity index (χ3n) is 2.24. The van der Waals surface area contributed by atoms with Gasteiger partial charge in [-0.3, -0.25) is 4.79 Å². The van der Waals surface area contributed by atoms with Crippen LogP contribution in [0.2, 0.25) is 0 Å². The van der Waals surface area contributed by atoms with E-state index < -0.39 is 0 Å². The minimum atomic E-state index is -0.174. The predicted octanol–water partition coefficient (Wildman–Crippen LogP) is 1.33. The van der Waals surface area contributed by atoms with Crippen molar-refractivity contribution in [2.24, 2.45) is 5.92 Å². The smallest absolute Gasteiger partial charge is 0.249 e. The van der Waals surface area contributed by atoms with E-state index in [1.165, 1.54) is 6.42 Å². The van der Waals surface area contributed by atoms with Gasteiger partial charge in [0, 0.05) is 13.2 Å². The molecule has 1 saturated heterocycles. The molecule has 0 radical (unpaired) electrons. The van der Waals surface area contributed by atoms with Crippen LogP contribution in [0.4, 0.5) is 0 Å². The molecular weight excluding hydrogens is 166 g/mol. The first-order valence-corrected chi connectivity index (χ1v) is 5.09. The molecule has 1 atom stereocenters. The summed E-state index contributed by atoms with van der Waals surface area (Å²) < 4.78 is 5.45. The Hall–Kier alpha value is -0.570. The molecule has 76 valence electrons. The van der Waals surface area contributed by atoms with Crippen molar-refractivity contribution in [2.45, 2.75) is 39.2 Å². The zero-order chi connectivity index (χ0) is 9.68. The van der Waals surface area contributed by atoms with Crippen LogP contribution in [0.5, 0.6) is 0 Å². The summed E-state index contributed by atoms with van der Waals surface area (Å²) in [6.45, 7) is 5.88. The summed E-state index contributed by atoms with van der Waals surface area (Å²) in [6, 6.07) is 0. The van der Waals surface area contributed by atoms with Gasteiger partial charge in [0.2, 0.25) is 5.91 Å². The number of rotatable bonds is 5. The van der Waals surface area contributed by atoms with Gasteiger partial charge in [-0.25, -0.2) is 0 Å². The molecule has 1 heterocycles. The van der Waals surface area contributed by atoms with Gasteiger partial charge in [-0.2, -0.15) is 0 Å². The van der Waals surface area contributed by atoms with Crippen LogP contribution >= 0.6 is 0 Å². The molecule has 0 aromatic carbocycles. The average molecular weight is 185 g/mol. The molecule has 3 nitrogen and oxygen atoms in total. The number of carbonyl (C=O) groups is 1. The van der Waals surface area contributed by atoms with Crippen LogP contribution in [-0.4, -0.2) is 25.2 Å². The van der Waals surface area contributed by atoms with Crippen molar-refractivity contribution in [3.8, 4) is 0 Å². The molecule has 13 heavy (non-hydrogen) atoms. The fourth-order valence-corrected chi connectivity index (χ4v) is 1.45. The minimum Gasteiger partial charge on any atom is -0.368 e. The van der Waals surface area contributed by atoms with Crippen LogP contribution in [-0.2, 0) is 9.53 Å². The molecule has 0 saturated carbocycles. The minimum absolute atomic E-state index is 0.0598. The fourth-order valence-electron chi connectivity index (χ4n) is 1.45. The van der Waals surface area contributed by atoms with Crippen molar-refractivity contribution in [3.05, 3.63) is 0 Å². The van der Waals surface area contributed by atoms with E-state index in [9.17, 15) is 4.79 Å². The van der Waals surface area contributed by atoms with E-state index in [1.807, 2.05) is 0 Å². The summed E-state index contributed by atoms with van der Waals surface area (Å²) in [4.78, 5) is 11.1. The third kappa shape index (κ3) is 3.77. The lowest BCUT2D eigenvalue weighted by molar-refractivity contribution is -0.129. The molecule has 0 aliphatic carbocycles. The van der Waals surface area contributed by atoms with Crippen molar-refractivity contribution in [1.82, 2.24) is 5.32 Å². The van der Waals surface area contributed by atoms with E-state index in [1.54, 1.807) is 0 Å². The highest BCUT2D eigenvalue weighted by molar-refractivity contribution is 5.82. The second kappa shape index (κ2) is 5.22. The molecule has 1 fully saturated rings. The normalized spacial score (nSPS) is 22.4. The number of hydrogen-bond donors (Lipinski definition) is 1. The lowest BCUT2D eigenvalue weighted by Crippen LogP contribution is -2.25. The van der Waals surface area contributed by atoms with Crippen molar-refractivity contribution < 1.29 is 9.53 Å². The molecule has 0 spiro atoms. The highest BCUT2D eigenvalue weighted by Crippen LogP contribution is 2.08. The Kier molecular flexibility index (Phi) is 4.22. The Morgan fingerprint density at radius 1 is 1.62 bits per heavy atom. The number of nitrogens with one attached hydrogen (secondary N) is 1. The number of ether oxygens (including phenoxy) is 1. The Balaban J connectivity index is 2.02. The van der Waals surface area contributed by atoms with Crippen LogP contribution in [0, 0.1) is 5.92 Å². The summed E-state index contributed by atoms with van der Waals surface area (Å²) in [5, 5.41) is 2.76. The van der Waals surface area contributed by atoms with Gasteiger partial charge >= 0.3 is 0 Å². The van der Waals surface area contributed by atoms with Crippen molar-refractivity contribution in [3.63, 3.8) is 0 Å². The van der Waals surface area contributed by atoms with Crippen LogP contribution in [0.3, 0.4) is 0 Å². The zero-order valence-electron chi connectivity index (χ0n) is 8.51. The second-order valence-electron chi connectivity index (χ2n) is 3.98. The van der Waals surface area contributed by atoms with E-state index >= 15 is 0 Å². The summed E-state index contributed by atoms with van der Waals surface area (Å²) in [6.07, 6.45) is 2.89. The fraction of sp³-hybridized carbons (Fsp3) is 0.900. The van der Waals surface area contributed by atoms with Crippen molar-refractivity contribution >= 4 is 5.91 Å². The average Bonchev–Trinajstić information content (AvgIpc) is 2.45. The van der Waals surface area contributed by atoms with Gasteiger partial charge in [-0.05, 0) is 25.2 Å². The van der Waals surface area contributed by atoms with Crippen LogP contribution in [0.25, 0.3) is 0 Å². The maximum atomic E-state index is 11.1. The third-order valence-corrected chi connectivity index (χ3v) is 2.24. The van der Waals surface area contributed by atoms with E-state index in [0.717, 1.165) is 31.9 Å². The summed E-state index contributed by atoms with van der Waals surface area (Å²) >= 11 is 0. The Morgan fingerprint density at radius 2 is 2.38 bits per heavy atom. The molecule has 0 bridgehead atoms. The van der Waals surface area contributed by atoms with Gasteiger partial charge in [-0.1, -0.05) is 13.8 Å². The topological polar surface area (TPSA) is 38.3 Å². The van der Waals surface area contributed by atoms with E-state index in [-0.39, 0.29) is 12.0 Å². The molecule has 1 unspecified atom stereocenters. The Morgan fingerprint density at radius 3 is 2.92 bits per heavy atom. The molecular formula is C10H19NO2. The summed E-state index contributed by atoms with van der Waals surface area (Å²) in [5.74, 6) is 0.783. The van der Waals surface area contributed by atoms with Crippen molar-refractivity contribution in [1.29, 1.82) is 0 Å². The quantitative estimate of drug-likeness (QED) is 0.656. The molecule has 0 aromatic heterocycles. The summed E-state index contributed by atoms with van der Waals surface area (Å²) in [5.41, 5.74) is 0. The molecule has 1 aliphatic heterocycles. The number of hydrogen-bond acceptors (Lipinski definition) is 2.